The summed E-state index contributed by atoms with van der Waals surface area (Å²) in [7, 11) is 0. The number of rotatable bonds is 3. The lowest BCUT2D eigenvalue weighted by Gasteiger charge is -2.27. The van der Waals surface area contributed by atoms with Gasteiger partial charge >= 0.3 is 5.97 Å². The molecule has 4 nitrogen and oxygen atoms in total. The fourth-order valence-corrected chi connectivity index (χ4v) is 3.17. The largest absolute Gasteiger partial charge is 0.488 e. The summed E-state index contributed by atoms with van der Waals surface area (Å²) in [5, 5.41) is 0. The van der Waals surface area contributed by atoms with Gasteiger partial charge in [0, 0.05) is 17.5 Å². The minimum Gasteiger partial charge on any atom is -0.488 e. The third-order valence-electron chi connectivity index (χ3n) is 4.45. The lowest BCUT2D eigenvalue weighted by Crippen LogP contribution is -2.38. The molecule has 2 aromatic rings. The van der Waals surface area contributed by atoms with E-state index < -0.39 is 5.60 Å². The van der Waals surface area contributed by atoms with Crippen LogP contribution >= 0.6 is 0 Å². The first-order chi connectivity index (χ1) is 11.7. The van der Waals surface area contributed by atoms with Crippen molar-refractivity contribution in [2.45, 2.75) is 25.0 Å². The van der Waals surface area contributed by atoms with Crippen molar-refractivity contribution >= 4 is 17.8 Å². The molecule has 2 aromatic carbocycles. The molecule has 4 rings (SSSR count). The van der Waals surface area contributed by atoms with Gasteiger partial charge in [0.25, 0.3) is 0 Å². The van der Waals surface area contributed by atoms with Crippen molar-refractivity contribution in [2.24, 2.45) is 0 Å². The summed E-state index contributed by atoms with van der Waals surface area (Å²) in [6.45, 7) is 0.430. The van der Waals surface area contributed by atoms with Crippen LogP contribution in [0.25, 0.3) is 6.08 Å². The van der Waals surface area contributed by atoms with Crippen molar-refractivity contribution in [1.82, 2.24) is 0 Å². The summed E-state index contributed by atoms with van der Waals surface area (Å²) < 4.78 is 11.2. The number of Topliss-reactive ketones (excluding diaryl/α,β-unsaturated/α-hetero) is 1. The topological polar surface area (TPSA) is 52.6 Å². The van der Waals surface area contributed by atoms with Crippen LogP contribution in [0.3, 0.4) is 0 Å². The molecule has 0 radical (unpaired) electrons. The Morgan fingerprint density at radius 3 is 2.62 bits per heavy atom. The van der Waals surface area contributed by atoms with E-state index >= 15 is 0 Å². The van der Waals surface area contributed by atoms with E-state index in [4.69, 9.17) is 9.47 Å². The third-order valence-corrected chi connectivity index (χ3v) is 4.45. The van der Waals surface area contributed by atoms with Crippen molar-refractivity contribution in [3.8, 4) is 5.75 Å². The molecular formula is C20H16O4. The second kappa shape index (κ2) is 5.64. The highest BCUT2D eigenvalue weighted by Gasteiger charge is 2.47. The monoisotopic (exact) mass is 320 g/mol. The molecule has 1 aliphatic heterocycles. The smallest absolute Gasteiger partial charge is 0.307 e. The Kier molecular flexibility index (Phi) is 3.45. The van der Waals surface area contributed by atoms with Crippen molar-refractivity contribution in [3.05, 3.63) is 71.3 Å². The van der Waals surface area contributed by atoms with Crippen LogP contribution in [-0.4, -0.2) is 17.4 Å². The van der Waals surface area contributed by atoms with Crippen LogP contribution in [0.4, 0.5) is 0 Å². The molecule has 1 fully saturated rings. The minimum atomic E-state index is -1.12. The van der Waals surface area contributed by atoms with Gasteiger partial charge in [-0.05, 0) is 17.7 Å². The van der Waals surface area contributed by atoms with Gasteiger partial charge < -0.3 is 9.47 Å². The average Bonchev–Trinajstić information content (AvgIpc) is 2.99. The molecular weight excluding hydrogens is 304 g/mol. The van der Waals surface area contributed by atoms with Gasteiger partial charge in [-0.2, -0.15) is 0 Å². The van der Waals surface area contributed by atoms with E-state index in [1.807, 2.05) is 42.5 Å². The highest BCUT2D eigenvalue weighted by molar-refractivity contribution is 6.11. The first-order valence-corrected chi connectivity index (χ1v) is 7.94. The molecule has 1 spiro atoms. The molecule has 0 saturated carbocycles. The summed E-state index contributed by atoms with van der Waals surface area (Å²) in [4.78, 5) is 24.3. The number of carbonyl (C=O) groups excluding carboxylic acids is 2. The van der Waals surface area contributed by atoms with E-state index in [-0.39, 0.29) is 18.2 Å². The zero-order valence-electron chi connectivity index (χ0n) is 13.0. The predicted molar refractivity (Wildman–Crippen MR) is 88.6 cm³/mol. The average molecular weight is 320 g/mol. The van der Waals surface area contributed by atoms with E-state index in [0.29, 0.717) is 24.3 Å². The first kappa shape index (κ1) is 14.7. The predicted octanol–water partition coefficient (Wildman–Crippen LogP) is 3.55. The molecule has 0 unspecified atom stereocenters. The van der Waals surface area contributed by atoms with E-state index in [9.17, 15) is 9.59 Å². The standard InChI is InChI=1S/C20H16O4/c21-18-10-12-20(24-18)11-9-15-16(19(20)22)7-4-8-17(15)23-13-14-5-2-1-3-6-14/h1-9,11H,10,12-13H2/t20-/m0/s1. The maximum Gasteiger partial charge on any atom is 0.307 e. The van der Waals surface area contributed by atoms with Crippen LogP contribution in [0, 0.1) is 0 Å². The molecule has 0 amide bonds. The third kappa shape index (κ3) is 2.40. The normalized spacial score (nSPS) is 21.7. The highest BCUT2D eigenvalue weighted by Crippen LogP contribution is 2.39. The van der Waals surface area contributed by atoms with Crippen molar-refractivity contribution in [2.75, 3.05) is 0 Å². The molecule has 1 atom stereocenters. The lowest BCUT2D eigenvalue weighted by atomic mass is 9.82. The van der Waals surface area contributed by atoms with Gasteiger partial charge in [0.15, 0.2) is 5.60 Å². The van der Waals surface area contributed by atoms with Gasteiger partial charge in [0.05, 0.1) is 6.42 Å². The zero-order chi connectivity index (χ0) is 16.6. The molecule has 120 valence electrons. The van der Waals surface area contributed by atoms with Gasteiger partial charge in [-0.3, -0.25) is 9.59 Å². The Morgan fingerprint density at radius 1 is 1.04 bits per heavy atom. The van der Waals surface area contributed by atoms with Crippen LogP contribution in [0.2, 0.25) is 0 Å². The van der Waals surface area contributed by atoms with Gasteiger partial charge in [0.1, 0.15) is 12.4 Å². The Balaban J connectivity index is 1.63. The van der Waals surface area contributed by atoms with Gasteiger partial charge in [-0.1, -0.05) is 48.5 Å². The van der Waals surface area contributed by atoms with E-state index in [2.05, 4.69) is 0 Å². The van der Waals surface area contributed by atoms with Crippen LogP contribution in [0.1, 0.15) is 34.3 Å². The number of fused-ring (bicyclic) bond motifs is 1. The van der Waals surface area contributed by atoms with Crippen LogP contribution in [0.15, 0.2) is 54.6 Å². The zero-order valence-corrected chi connectivity index (χ0v) is 13.0. The first-order valence-electron chi connectivity index (χ1n) is 7.94. The Hall–Kier alpha value is -2.88. The molecule has 0 bridgehead atoms. The molecule has 1 aliphatic carbocycles. The van der Waals surface area contributed by atoms with Gasteiger partial charge in [-0.25, -0.2) is 0 Å². The summed E-state index contributed by atoms with van der Waals surface area (Å²) in [5.74, 6) is 0.157. The number of benzene rings is 2. The fourth-order valence-electron chi connectivity index (χ4n) is 3.17. The maximum absolute atomic E-state index is 12.8. The molecule has 1 saturated heterocycles. The summed E-state index contributed by atoms with van der Waals surface area (Å²) in [6.07, 6.45) is 4.19. The lowest BCUT2D eigenvalue weighted by molar-refractivity contribution is -0.143. The van der Waals surface area contributed by atoms with Crippen molar-refractivity contribution in [3.63, 3.8) is 0 Å². The summed E-state index contributed by atoms with van der Waals surface area (Å²) in [6, 6.07) is 15.2. The van der Waals surface area contributed by atoms with E-state index in [1.54, 1.807) is 18.2 Å². The van der Waals surface area contributed by atoms with Gasteiger partial charge in [-0.15, -0.1) is 0 Å². The van der Waals surface area contributed by atoms with Crippen molar-refractivity contribution < 1.29 is 19.1 Å². The molecule has 0 aromatic heterocycles. The van der Waals surface area contributed by atoms with Crippen molar-refractivity contribution in [1.29, 1.82) is 0 Å². The van der Waals surface area contributed by atoms with Crippen LogP contribution in [-0.2, 0) is 16.1 Å². The maximum atomic E-state index is 12.8. The quantitative estimate of drug-likeness (QED) is 0.812. The molecule has 4 heteroatoms. The number of esters is 1. The number of hydrogen-bond donors (Lipinski definition) is 0. The Bertz CT molecular complexity index is 838. The number of ketones is 1. The highest BCUT2D eigenvalue weighted by atomic mass is 16.6. The number of hydrogen-bond acceptors (Lipinski definition) is 4. The fraction of sp³-hybridized carbons (Fsp3) is 0.200. The summed E-state index contributed by atoms with van der Waals surface area (Å²) in [5.41, 5.74) is 1.22. The number of ether oxygens (including phenoxy) is 2. The second-order valence-corrected chi connectivity index (χ2v) is 6.02. The van der Waals surface area contributed by atoms with E-state index in [0.717, 1.165) is 11.1 Å². The van der Waals surface area contributed by atoms with E-state index in [1.165, 1.54) is 0 Å². The number of carbonyl (C=O) groups is 2. The molecule has 24 heavy (non-hydrogen) atoms. The Labute approximate surface area is 139 Å². The van der Waals surface area contributed by atoms with Crippen LogP contribution in [0.5, 0.6) is 5.75 Å². The van der Waals surface area contributed by atoms with Crippen LogP contribution < -0.4 is 4.74 Å². The minimum absolute atomic E-state index is 0.170. The SMILES string of the molecule is O=C1CC[C@]2(C=Cc3c(OCc4ccccc4)cccc3C2=O)O1. The van der Waals surface area contributed by atoms with Gasteiger partial charge in [0.2, 0.25) is 5.78 Å². The molecule has 0 N–H and O–H groups in total. The Morgan fingerprint density at radius 2 is 1.88 bits per heavy atom. The second-order valence-electron chi connectivity index (χ2n) is 6.02. The summed E-state index contributed by atoms with van der Waals surface area (Å²) >= 11 is 0. The molecule has 2 aliphatic rings. The molecule has 1 heterocycles.